The van der Waals surface area contributed by atoms with Crippen LogP contribution >= 0.6 is 0 Å². The maximum atomic E-state index is 13.8. The van der Waals surface area contributed by atoms with Gasteiger partial charge in [0.25, 0.3) is 0 Å². The Kier molecular flexibility index (Phi) is 3.65. The second-order valence-corrected chi connectivity index (χ2v) is 4.36. The summed E-state index contributed by atoms with van der Waals surface area (Å²) in [6.45, 7) is 2.82. The van der Waals surface area contributed by atoms with Crippen molar-refractivity contribution in [1.29, 1.82) is 0 Å². The summed E-state index contributed by atoms with van der Waals surface area (Å²) in [4.78, 5) is 12.7. The fourth-order valence-electron chi connectivity index (χ4n) is 2.11. The van der Waals surface area contributed by atoms with Crippen molar-refractivity contribution in [3.8, 4) is 0 Å². The maximum Gasteiger partial charge on any atom is 0.328 e. The lowest BCUT2D eigenvalue weighted by molar-refractivity contribution is -0.131. The van der Waals surface area contributed by atoms with Gasteiger partial charge in [0.1, 0.15) is 5.82 Å². The van der Waals surface area contributed by atoms with Gasteiger partial charge in [0.05, 0.1) is 0 Å². The molecule has 18 heavy (non-hydrogen) atoms. The molecule has 1 aromatic rings. The van der Waals surface area contributed by atoms with Crippen LogP contribution in [-0.4, -0.2) is 23.7 Å². The normalized spacial score (nSPS) is 15.0. The van der Waals surface area contributed by atoms with Gasteiger partial charge in [-0.15, -0.1) is 0 Å². The largest absolute Gasteiger partial charge is 0.478 e. The molecular formula is C14H16FNO2. The van der Waals surface area contributed by atoms with Gasteiger partial charge in [-0.05, 0) is 38.0 Å². The SMILES string of the molecule is CCN(c1cccc(F)c1/C=C/C(=O)O)C1CC1. The van der Waals surface area contributed by atoms with Crippen molar-refractivity contribution in [2.45, 2.75) is 25.8 Å². The third kappa shape index (κ3) is 2.70. The van der Waals surface area contributed by atoms with E-state index in [4.69, 9.17) is 5.11 Å². The number of rotatable bonds is 5. The first-order valence-electron chi connectivity index (χ1n) is 6.09. The van der Waals surface area contributed by atoms with E-state index in [0.717, 1.165) is 31.1 Å². The van der Waals surface area contributed by atoms with Crippen LogP contribution in [0.1, 0.15) is 25.3 Å². The number of benzene rings is 1. The Morgan fingerprint density at radius 1 is 1.56 bits per heavy atom. The first-order chi connectivity index (χ1) is 8.63. The van der Waals surface area contributed by atoms with Gasteiger partial charge in [-0.25, -0.2) is 9.18 Å². The molecule has 0 atom stereocenters. The van der Waals surface area contributed by atoms with E-state index in [-0.39, 0.29) is 5.82 Å². The number of halogens is 1. The minimum absolute atomic E-state index is 0.355. The van der Waals surface area contributed by atoms with Crippen LogP contribution in [0.25, 0.3) is 6.08 Å². The summed E-state index contributed by atoms with van der Waals surface area (Å²) in [5.41, 5.74) is 1.13. The van der Waals surface area contributed by atoms with Crippen molar-refractivity contribution in [1.82, 2.24) is 0 Å². The van der Waals surface area contributed by atoms with Gasteiger partial charge in [0.2, 0.25) is 0 Å². The molecule has 3 nitrogen and oxygen atoms in total. The van der Waals surface area contributed by atoms with Gasteiger partial charge in [-0.2, -0.15) is 0 Å². The van der Waals surface area contributed by atoms with E-state index in [1.54, 1.807) is 6.07 Å². The van der Waals surface area contributed by atoms with E-state index >= 15 is 0 Å². The number of hydrogen-bond donors (Lipinski definition) is 1. The van der Waals surface area contributed by atoms with Gasteiger partial charge in [0, 0.05) is 29.9 Å². The van der Waals surface area contributed by atoms with E-state index in [9.17, 15) is 9.18 Å². The van der Waals surface area contributed by atoms with Crippen LogP contribution in [0.4, 0.5) is 10.1 Å². The zero-order valence-electron chi connectivity index (χ0n) is 10.3. The summed E-state index contributed by atoms with van der Waals surface area (Å²) in [6.07, 6.45) is 4.54. The molecule has 4 heteroatoms. The molecule has 0 unspecified atom stereocenters. The molecule has 2 rings (SSSR count). The summed E-state index contributed by atoms with van der Waals surface area (Å²) in [7, 11) is 0. The van der Waals surface area contributed by atoms with Crippen LogP contribution in [-0.2, 0) is 4.79 Å². The van der Waals surface area contributed by atoms with Crippen molar-refractivity contribution in [2.75, 3.05) is 11.4 Å². The Balaban J connectivity index is 2.39. The number of carboxylic acids is 1. The molecule has 0 aliphatic heterocycles. The van der Waals surface area contributed by atoms with Crippen molar-refractivity contribution < 1.29 is 14.3 Å². The smallest absolute Gasteiger partial charge is 0.328 e. The van der Waals surface area contributed by atoms with Gasteiger partial charge >= 0.3 is 5.97 Å². The average molecular weight is 249 g/mol. The van der Waals surface area contributed by atoms with Gasteiger partial charge in [-0.1, -0.05) is 6.07 Å². The fraction of sp³-hybridized carbons (Fsp3) is 0.357. The highest BCUT2D eigenvalue weighted by Gasteiger charge is 2.29. The molecule has 1 saturated carbocycles. The van der Waals surface area contributed by atoms with Crippen LogP contribution in [0.2, 0.25) is 0 Å². The Labute approximate surface area is 106 Å². The minimum atomic E-state index is -1.07. The third-order valence-corrected chi connectivity index (χ3v) is 3.06. The molecule has 0 saturated heterocycles. The predicted octanol–water partition coefficient (Wildman–Crippen LogP) is 2.91. The number of aliphatic carboxylic acids is 1. The molecule has 0 spiro atoms. The van der Waals surface area contributed by atoms with Crippen molar-refractivity contribution in [2.24, 2.45) is 0 Å². The molecule has 0 aromatic heterocycles. The number of carboxylic acid groups (broad SMARTS) is 1. The number of carbonyl (C=O) groups is 1. The molecule has 0 amide bonds. The van der Waals surface area contributed by atoms with E-state index in [1.807, 2.05) is 13.0 Å². The molecule has 0 bridgehead atoms. The summed E-state index contributed by atoms with van der Waals surface area (Å²) in [5.74, 6) is -1.46. The minimum Gasteiger partial charge on any atom is -0.478 e. The van der Waals surface area contributed by atoms with Gasteiger partial charge < -0.3 is 10.0 Å². The molecule has 96 valence electrons. The number of hydrogen-bond acceptors (Lipinski definition) is 2. The first-order valence-corrected chi connectivity index (χ1v) is 6.09. The summed E-state index contributed by atoms with van der Waals surface area (Å²) in [6, 6.07) is 5.32. The second kappa shape index (κ2) is 5.21. The maximum absolute atomic E-state index is 13.8. The van der Waals surface area contributed by atoms with Crippen molar-refractivity contribution in [3.63, 3.8) is 0 Å². The zero-order valence-corrected chi connectivity index (χ0v) is 10.3. The molecule has 1 aliphatic carbocycles. The number of anilines is 1. The third-order valence-electron chi connectivity index (χ3n) is 3.06. The predicted molar refractivity (Wildman–Crippen MR) is 69.1 cm³/mol. The average Bonchev–Trinajstić information content (AvgIpc) is 3.13. The molecule has 1 N–H and O–H groups in total. The van der Waals surface area contributed by atoms with Crippen LogP contribution in [0.15, 0.2) is 24.3 Å². The van der Waals surface area contributed by atoms with Crippen molar-refractivity contribution in [3.05, 3.63) is 35.7 Å². The Bertz CT molecular complexity index is 481. The highest BCUT2D eigenvalue weighted by molar-refractivity contribution is 5.87. The fourth-order valence-corrected chi connectivity index (χ4v) is 2.11. The summed E-state index contributed by atoms with van der Waals surface area (Å²) in [5, 5.41) is 8.65. The Morgan fingerprint density at radius 2 is 2.28 bits per heavy atom. The first kappa shape index (κ1) is 12.6. The standard InChI is InChI=1S/C14H16FNO2/c1-2-16(10-6-7-10)13-5-3-4-12(15)11(13)8-9-14(17)18/h3-5,8-10H,2,6-7H2,1H3,(H,17,18)/b9-8+. The zero-order chi connectivity index (χ0) is 13.1. The van der Waals surface area contributed by atoms with Crippen molar-refractivity contribution >= 4 is 17.7 Å². The van der Waals surface area contributed by atoms with E-state index < -0.39 is 5.97 Å². The van der Waals surface area contributed by atoms with E-state index in [0.29, 0.717) is 11.6 Å². The molecular weight excluding hydrogens is 233 g/mol. The molecule has 1 fully saturated rings. The van der Waals surface area contributed by atoms with Gasteiger partial charge in [-0.3, -0.25) is 0 Å². The quantitative estimate of drug-likeness (QED) is 0.816. The Morgan fingerprint density at radius 3 is 2.83 bits per heavy atom. The lowest BCUT2D eigenvalue weighted by Gasteiger charge is -2.25. The highest BCUT2D eigenvalue weighted by atomic mass is 19.1. The van der Waals surface area contributed by atoms with Crippen LogP contribution in [0.5, 0.6) is 0 Å². The van der Waals surface area contributed by atoms with Crippen LogP contribution in [0.3, 0.4) is 0 Å². The van der Waals surface area contributed by atoms with Crippen LogP contribution in [0, 0.1) is 5.82 Å². The molecule has 1 aromatic carbocycles. The van der Waals surface area contributed by atoms with E-state index in [2.05, 4.69) is 4.90 Å². The summed E-state index contributed by atoms with van der Waals surface area (Å²) >= 11 is 0. The molecule has 0 heterocycles. The second-order valence-electron chi connectivity index (χ2n) is 4.36. The lowest BCUT2D eigenvalue weighted by atomic mass is 10.1. The lowest BCUT2D eigenvalue weighted by Crippen LogP contribution is -2.26. The summed E-state index contributed by atoms with van der Waals surface area (Å²) < 4.78 is 13.8. The highest BCUT2D eigenvalue weighted by Crippen LogP contribution is 2.34. The van der Waals surface area contributed by atoms with Gasteiger partial charge in [0.15, 0.2) is 0 Å². The Hall–Kier alpha value is -1.84. The monoisotopic (exact) mass is 249 g/mol. The molecule has 1 aliphatic rings. The van der Waals surface area contributed by atoms with E-state index in [1.165, 1.54) is 12.1 Å². The molecule has 0 radical (unpaired) electrons. The topological polar surface area (TPSA) is 40.5 Å². The number of nitrogens with zero attached hydrogens (tertiary/aromatic N) is 1. The van der Waals surface area contributed by atoms with Crippen LogP contribution < -0.4 is 4.90 Å².